The number of hydrogen-bond donors (Lipinski definition) is 2. The largest absolute Gasteiger partial charge is 0.388 e. The maximum atomic E-state index is 11.7. The first-order valence-corrected chi connectivity index (χ1v) is 5.76. The van der Waals surface area contributed by atoms with E-state index in [9.17, 15) is 9.90 Å². The molecule has 1 heterocycles. The van der Waals surface area contributed by atoms with Gasteiger partial charge in [-0.15, -0.1) is 0 Å². The van der Waals surface area contributed by atoms with E-state index in [1.165, 1.54) is 0 Å². The molecule has 88 valence electrons. The van der Waals surface area contributed by atoms with E-state index in [2.05, 4.69) is 12.2 Å². The first kappa shape index (κ1) is 12.5. The monoisotopic (exact) mass is 214 g/mol. The number of nitrogens with zero attached hydrogens (tertiary/aromatic N) is 1. The zero-order chi connectivity index (χ0) is 11.3. The third kappa shape index (κ3) is 4.18. The van der Waals surface area contributed by atoms with Crippen molar-refractivity contribution in [2.45, 2.75) is 38.7 Å². The van der Waals surface area contributed by atoms with E-state index in [0.717, 1.165) is 32.4 Å². The van der Waals surface area contributed by atoms with Crippen LogP contribution in [0.3, 0.4) is 0 Å². The number of amides is 1. The quantitative estimate of drug-likeness (QED) is 0.664. The molecule has 0 saturated carbocycles. The van der Waals surface area contributed by atoms with Crippen LogP contribution in [0, 0.1) is 0 Å². The first-order valence-electron chi connectivity index (χ1n) is 5.76. The smallest absolute Gasteiger partial charge is 0.236 e. The highest BCUT2D eigenvalue weighted by atomic mass is 16.3. The van der Waals surface area contributed by atoms with Gasteiger partial charge in [-0.05, 0) is 32.7 Å². The van der Waals surface area contributed by atoms with Crippen molar-refractivity contribution in [1.82, 2.24) is 10.2 Å². The lowest BCUT2D eigenvalue weighted by molar-refractivity contribution is -0.136. The summed E-state index contributed by atoms with van der Waals surface area (Å²) in [5.41, 5.74) is -0.696. The molecular formula is C11H22N2O2. The number of nitrogens with one attached hydrogen (secondary N) is 1. The topological polar surface area (TPSA) is 52.6 Å². The standard InChI is InChI=1S/C11H22N2O2/c1-3-6-12-8-10(14)13-7-4-5-11(2,15)9-13/h12,15H,3-9H2,1-2H3. The maximum absolute atomic E-state index is 11.7. The molecule has 1 amide bonds. The highest BCUT2D eigenvalue weighted by Gasteiger charge is 2.30. The van der Waals surface area contributed by atoms with Gasteiger partial charge in [0.05, 0.1) is 12.1 Å². The summed E-state index contributed by atoms with van der Waals surface area (Å²) in [5, 5.41) is 12.9. The molecule has 1 unspecified atom stereocenters. The van der Waals surface area contributed by atoms with Crippen LogP contribution < -0.4 is 5.32 Å². The second kappa shape index (κ2) is 5.47. The van der Waals surface area contributed by atoms with Crippen LogP contribution >= 0.6 is 0 Å². The van der Waals surface area contributed by atoms with E-state index in [0.29, 0.717) is 13.1 Å². The van der Waals surface area contributed by atoms with Crippen molar-refractivity contribution in [2.24, 2.45) is 0 Å². The third-order valence-corrected chi connectivity index (χ3v) is 2.73. The minimum atomic E-state index is -0.696. The molecule has 0 aromatic heterocycles. The van der Waals surface area contributed by atoms with Gasteiger partial charge in [0.25, 0.3) is 0 Å². The van der Waals surface area contributed by atoms with Crippen molar-refractivity contribution in [1.29, 1.82) is 0 Å². The number of aliphatic hydroxyl groups is 1. The summed E-state index contributed by atoms with van der Waals surface area (Å²) < 4.78 is 0. The van der Waals surface area contributed by atoms with E-state index in [4.69, 9.17) is 0 Å². The van der Waals surface area contributed by atoms with Crippen LogP contribution in [0.4, 0.5) is 0 Å². The fourth-order valence-electron chi connectivity index (χ4n) is 1.92. The molecule has 0 aromatic rings. The molecule has 2 N–H and O–H groups in total. The van der Waals surface area contributed by atoms with Gasteiger partial charge in [-0.3, -0.25) is 4.79 Å². The van der Waals surface area contributed by atoms with Crippen LogP contribution in [-0.4, -0.2) is 47.7 Å². The molecule has 0 bridgehead atoms. The lowest BCUT2D eigenvalue weighted by Gasteiger charge is -2.36. The summed E-state index contributed by atoms with van der Waals surface area (Å²) in [5.74, 6) is 0.100. The molecule has 4 nitrogen and oxygen atoms in total. The summed E-state index contributed by atoms with van der Waals surface area (Å²) in [7, 11) is 0. The van der Waals surface area contributed by atoms with Gasteiger partial charge in [0.1, 0.15) is 0 Å². The number of piperidine rings is 1. The van der Waals surface area contributed by atoms with E-state index in [1.807, 2.05) is 0 Å². The molecule has 0 spiro atoms. The summed E-state index contributed by atoms with van der Waals surface area (Å²) in [6.07, 6.45) is 2.72. The van der Waals surface area contributed by atoms with Crippen molar-refractivity contribution in [2.75, 3.05) is 26.2 Å². The van der Waals surface area contributed by atoms with E-state index >= 15 is 0 Å². The summed E-state index contributed by atoms with van der Waals surface area (Å²) in [6, 6.07) is 0. The molecule has 1 saturated heterocycles. The number of rotatable bonds is 4. The fraction of sp³-hybridized carbons (Fsp3) is 0.909. The van der Waals surface area contributed by atoms with Gasteiger partial charge in [-0.2, -0.15) is 0 Å². The van der Waals surface area contributed by atoms with E-state index in [-0.39, 0.29) is 5.91 Å². The molecule has 1 rings (SSSR count). The predicted molar refractivity (Wildman–Crippen MR) is 59.6 cm³/mol. The molecule has 0 aliphatic carbocycles. The second-order valence-electron chi connectivity index (χ2n) is 4.59. The lowest BCUT2D eigenvalue weighted by Crippen LogP contribution is -2.50. The molecule has 0 aromatic carbocycles. The number of β-amino-alcohol motifs (C(OH)–C–C–N with tert-alkyl or cyclic N) is 1. The molecule has 0 radical (unpaired) electrons. The van der Waals surface area contributed by atoms with E-state index < -0.39 is 5.60 Å². The maximum Gasteiger partial charge on any atom is 0.236 e. The van der Waals surface area contributed by atoms with Crippen molar-refractivity contribution in [3.8, 4) is 0 Å². The Morgan fingerprint density at radius 2 is 2.33 bits per heavy atom. The van der Waals surface area contributed by atoms with Crippen molar-refractivity contribution in [3.05, 3.63) is 0 Å². The highest BCUT2D eigenvalue weighted by Crippen LogP contribution is 2.19. The Morgan fingerprint density at radius 3 is 2.93 bits per heavy atom. The Morgan fingerprint density at radius 1 is 1.60 bits per heavy atom. The van der Waals surface area contributed by atoms with Crippen molar-refractivity contribution < 1.29 is 9.90 Å². The molecule has 4 heteroatoms. The Bertz CT molecular complexity index is 217. The summed E-state index contributed by atoms with van der Waals surface area (Å²) in [6.45, 7) is 6.39. The van der Waals surface area contributed by atoms with Gasteiger partial charge in [0, 0.05) is 13.1 Å². The minimum Gasteiger partial charge on any atom is -0.388 e. The van der Waals surface area contributed by atoms with Gasteiger partial charge in [0.15, 0.2) is 0 Å². The predicted octanol–water partition coefficient (Wildman–Crippen LogP) is 0.359. The summed E-state index contributed by atoms with van der Waals surface area (Å²) >= 11 is 0. The number of carbonyl (C=O) groups excluding carboxylic acids is 1. The fourth-order valence-corrected chi connectivity index (χ4v) is 1.92. The van der Waals surface area contributed by atoms with Gasteiger partial charge in [0.2, 0.25) is 5.91 Å². The van der Waals surface area contributed by atoms with Crippen LogP contribution in [0.25, 0.3) is 0 Å². The third-order valence-electron chi connectivity index (χ3n) is 2.73. The number of carbonyl (C=O) groups is 1. The second-order valence-corrected chi connectivity index (χ2v) is 4.59. The molecule has 15 heavy (non-hydrogen) atoms. The van der Waals surface area contributed by atoms with Crippen molar-refractivity contribution in [3.63, 3.8) is 0 Å². The first-order chi connectivity index (χ1) is 7.05. The zero-order valence-electron chi connectivity index (χ0n) is 9.75. The normalized spacial score (nSPS) is 26.7. The van der Waals surface area contributed by atoms with Crippen LogP contribution in [0.1, 0.15) is 33.1 Å². The Kier molecular flexibility index (Phi) is 4.54. The number of hydrogen-bond acceptors (Lipinski definition) is 3. The Hall–Kier alpha value is -0.610. The van der Waals surface area contributed by atoms with Gasteiger partial charge in [-0.25, -0.2) is 0 Å². The molecule has 1 aliphatic heterocycles. The van der Waals surface area contributed by atoms with Crippen LogP contribution in [0.15, 0.2) is 0 Å². The Balaban J connectivity index is 2.32. The van der Waals surface area contributed by atoms with Crippen LogP contribution in [-0.2, 0) is 4.79 Å². The zero-order valence-corrected chi connectivity index (χ0v) is 9.75. The van der Waals surface area contributed by atoms with Crippen LogP contribution in [0.5, 0.6) is 0 Å². The van der Waals surface area contributed by atoms with Crippen molar-refractivity contribution >= 4 is 5.91 Å². The average Bonchev–Trinajstić information content (AvgIpc) is 2.16. The highest BCUT2D eigenvalue weighted by molar-refractivity contribution is 5.78. The minimum absolute atomic E-state index is 0.100. The van der Waals surface area contributed by atoms with Crippen LogP contribution in [0.2, 0.25) is 0 Å². The summed E-state index contributed by atoms with van der Waals surface area (Å²) in [4.78, 5) is 13.5. The van der Waals surface area contributed by atoms with Gasteiger partial charge in [-0.1, -0.05) is 6.92 Å². The lowest BCUT2D eigenvalue weighted by atomic mass is 9.95. The molecule has 1 aliphatic rings. The molecular weight excluding hydrogens is 192 g/mol. The van der Waals surface area contributed by atoms with E-state index in [1.54, 1.807) is 11.8 Å². The number of likely N-dealkylation sites (tertiary alicyclic amines) is 1. The van der Waals surface area contributed by atoms with Gasteiger partial charge < -0.3 is 15.3 Å². The van der Waals surface area contributed by atoms with Gasteiger partial charge >= 0.3 is 0 Å². The molecule has 1 fully saturated rings. The SMILES string of the molecule is CCCNCC(=O)N1CCCC(C)(O)C1. The average molecular weight is 214 g/mol. The molecule has 1 atom stereocenters. The Labute approximate surface area is 91.6 Å².